The van der Waals surface area contributed by atoms with Gasteiger partial charge in [-0.25, -0.2) is 4.79 Å². The number of ketones is 1. The first-order valence-electron chi connectivity index (χ1n) is 7.51. The number of nitrogens with one attached hydrogen (secondary N) is 1. The zero-order chi connectivity index (χ0) is 18.1. The van der Waals surface area contributed by atoms with E-state index in [4.69, 9.17) is 9.47 Å². The van der Waals surface area contributed by atoms with Crippen molar-refractivity contribution in [1.29, 1.82) is 0 Å². The van der Waals surface area contributed by atoms with Gasteiger partial charge in [-0.1, -0.05) is 0 Å². The molecule has 2 rings (SSSR count). The number of carbonyl (C=O) groups excluding carboxylic acids is 2. The molecule has 1 aromatic carbocycles. The normalized spacial score (nSPS) is 16.1. The highest BCUT2D eigenvalue weighted by Crippen LogP contribution is 2.46. The first kappa shape index (κ1) is 17.8. The highest BCUT2D eigenvalue weighted by Gasteiger charge is 2.53. The molecule has 2 N–H and O–H groups in total. The third kappa shape index (κ3) is 3.50. The molecule has 0 radical (unpaired) electrons. The minimum absolute atomic E-state index is 0.0887. The van der Waals surface area contributed by atoms with Crippen LogP contribution in [0.1, 0.15) is 39.2 Å². The van der Waals surface area contributed by atoms with Gasteiger partial charge in [0.2, 0.25) is 0 Å². The largest absolute Gasteiger partial charge is 0.496 e. The lowest BCUT2D eigenvalue weighted by Gasteiger charge is -2.37. The van der Waals surface area contributed by atoms with Gasteiger partial charge in [-0.05, 0) is 39.0 Å². The maximum Gasteiger partial charge on any atom is 0.412 e. The van der Waals surface area contributed by atoms with E-state index in [0.29, 0.717) is 17.0 Å². The number of rotatable bonds is 4. The lowest BCUT2D eigenvalue weighted by molar-refractivity contribution is -0.153. The number of anilines is 1. The third-order valence-corrected chi connectivity index (χ3v) is 3.77. The van der Waals surface area contributed by atoms with Crippen molar-refractivity contribution in [2.45, 2.75) is 44.6 Å². The number of carboxylic acids is 1. The molecule has 0 saturated heterocycles. The number of carboxylic acid groups (broad SMARTS) is 1. The fourth-order valence-electron chi connectivity index (χ4n) is 2.66. The first-order valence-corrected chi connectivity index (χ1v) is 7.51. The Labute approximate surface area is 139 Å². The number of ether oxygens (including phenoxy) is 2. The topological polar surface area (TPSA) is 102 Å². The number of hydrogen-bond donors (Lipinski definition) is 2. The second-order valence-corrected chi connectivity index (χ2v) is 6.82. The van der Waals surface area contributed by atoms with Crippen molar-refractivity contribution in [3.8, 4) is 5.75 Å². The Bertz CT molecular complexity index is 681. The van der Waals surface area contributed by atoms with Crippen LogP contribution in [0.25, 0.3) is 0 Å². The van der Waals surface area contributed by atoms with Crippen molar-refractivity contribution in [2.24, 2.45) is 0 Å². The lowest BCUT2D eigenvalue weighted by Crippen LogP contribution is -2.48. The van der Waals surface area contributed by atoms with Crippen LogP contribution in [-0.2, 0) is 19.7 Å². The summed E-state index contributed by atoms with van der Waals surface area (Å²) < 4.78 is 10.4. The number of hydrogen-bond acceptors (Lipinski definition) is 5. The molecule has 0 unspecified atom stereocenters. The second-order valence-electron chi connectivity index (χ2n) is 6.82. The van der Waals surface area contributed by atoms with Crippen LogP contribution in [-0.4, -0.2) is 35.7 Å². The van der Waals surface area contributed by atoms with Gasteiger partial charge in [-0.2, -0.15) is 0 Å². The Morgan fingerprint density at radius 3 is 2.33 bits per heavy atom. The van der Waals surface area contributed by atoms with Gasteiger partial charge in [0.25, 0.3) is 0 Å². The average Bonchev–Trinajstić information content (AvgIpc) is 2.41. The SMILES string of the molecule is COc1ccc(NC(=O)OC(C)(C)C)cc1C1(C(=O)O)CC(=O)C1. The molecule has 1 aromatic rings. The van der Waals surface area contributed by atoms with E-state index in [9.17, 15) is 19.5 Å². The van der Waals surface area contributed by atoms with Crippen LogP contribution in [0.5, 0.6) is 5.75 Å². The molecule has 1 aliphatic carbocycles. The molecule has 0 bridgehead atoms. The minimum Gasteiger partial charge on any atom is -0.496 e. The van der Waals surface area contributed by atoms with Gasteiger partial charge in [0.1, 0.15) is 22.5 Å². The Morgan fingerprint density at radius 2 is 1.88 bits per heavy atom. The van der Waals surface area contributed by atoms with Crippen molar-refractivity contribution in [3.05, 3.63) is 23.8 Å². The zero-order valence-electron chi connectivity index (χ0n) is 14.1. The molecule has 7 heteroatoms. The average molecular weight is 335 g/mol. The maximum absolute atomic E-state index is 11.9. The number of aliphatic carboxylic acids is 1. The van der Waals surface area contributed by atoms with Gasteiger partial charge < -0.3 is 14.6 Å². The first-order chi connectivity index (χ1) is 11.1. The predicted molar refractivity (Wildman–Crippen MR) is 86.4 cm³/mol. The van der Waals surface area contributed by atoms with Gasteiger partial charge in [-0.15, -0.1) is 0 Å². The van der Waals surface area contributed by atoms with Crippen molar-refractivity contribution in [3.63, 3.8) is 0 Å². The Morgan fingerprint density at radius 1 is 1.25 bits per heavy atom. The Balaban J connectivity index is 2.33. The predicted octanol–water partition coefficient (Wildman–Crippen LogP) is 2.73. The van der Waals surface area contributed by atoms with Crippen LogP contribution in [0.4, 0.5) is 10.5 Å². The van der Waals surface area contributed by atoms with Crippen LogP contribution < -0.4 is 10.1 Å². The van der Waals surface area contributed by atoms with E-state index >= 15 is 0 Å². The number of methoxy groups -OCH3 is 1. The summed E-state index contributed by atoms with van der Waals surface area (Å²) in [6.45, 7) is 5.22. The summed E-state index contributed by atoms with van der Waals surface area (Å²) in [5.41, 5.74) is -1.22. The van der Waals surface area contributed by atoms with E-state index in [1.165, 1.54) is 13.2 Å². The lowest BCUT2D eigenvalue weighted by atomic mass is 9.63. The molecule has 1 amide bonds. The molecular formula is C17H21NO6. The molecular weight excluding hydrogens is 314 g/mol. The highest BCUT2D eigenvalue weighted by molar-refractivity contribution is 6.02. The van der Waals surface area contributed by atoms with E-state index < -0.39 is 23.1 Å². The van der Waals surface area contributed by atoms with Crippen LogP contribution in [0.3, 0.4) is 0 Å². The molecule has 0 aliphatic heterocycles. The fraction of sp³-hybridized carbons (Fsp3) is 0.471. The summed E-state index contributed by atoms with van der Waals surface area (Å²) in [6, 6.07) is 4.67. The monoisotopic (exact) mass is 335 g/mol. The van der Waals surface area contributed by atoms with Gasteiger partial charge >= 0.3 is 12.1 Å². The summed E-state index contributed by atoms with van der Waals surface area (Å²) in [6.07, 6.45) is -0.823. The molecule has 130 valence electrons. The fourth-order valence-corrected chi connectivity index (χ4v) is 2.66. The van der Waals surface area contributed by atoms with Crippen molar-refractivity contribution >= 4 is 23.5 Å². The van der Waals surface area contributed by atoms with Crippen LogP contribution in [0.15, 0.2) is 18.2 Å². The molecule has 7 nitrogen and oxygen atoms in total. The van der Waals surface area contributed by atoms with E-state index in [1.807, 2.05) is 0 Å². The van der Waals surface area contributed by atoms with Crippen LogP contribution >= 0.6 is 0 Å². The minimum atomic E-state index is -1.31. The van der Waals surface area contributed by atoms with E-state index in [2.05, 4.69) is 5.32 Å². The summed E-state index contributed by atoms with van der Waals surface area (Å²) in [7, 11) is 1.43. The van der Waals surface area contributed by atoms with Crippen molar-refractivity contribution in [1.82, 2.24) is 0 Å². The van der Waals surface area contributed by atoms with E-state index in [-0.39, 0.29) is 18.6 Å². The highest BCUT2D eigenvalue weighted by atomic mass is 16.6. The number of Topliss-reactive ketones (excluding diaryl/α,β-unsaturated/α-hetero) is 1. The van der Waals surface area contributed by atoms with Crippen molar-refractivity contribution in [2.75, 3.05) is 12.4 Å². The molecule has 0 aromatic heterocycles. The van der Waals surface area contributed by atoms with Gasteiger partial charge in [-0.3, -0.25) is 14.9 Å². The standard InChI is InChI=1S/C17H21NO6/c1-16(2,3)24-15(22)18-10-5-6-13(23-4)12(7-10)17(14(20)21)8-11(19)9-17/h5-7H,8-9H2,1-4H3,(H,18,22)(H,20,21). The number of carbonyl (C=O) groups is 3. The number of benzene rings is 1. The molecule has 1 fully saturated rings. The van der Waals surface area contributed by atoms with Crippen molar-refractivity contribution < 1.29 is 29.0 Å². The summed E-state index contributed by atoms with van der Waals surface area (Å²) in [5.74, 6) is -0.848. The smallest absolute Gasteiger partial charge is 0.412 e. The Kier molecular flexibility index (Phi) is 4.55. The summed E-state index contributed by atoms with van der Waals surface area (Å²) in [5, 5.41) is 12.1. The van der Waals surface area contributed by atoms with Crippen LogP contribution in [0.2, 0.25) is 0 Å². The van der Waals surface area contributed by atoms with Crippen LogP contribution in [0, 0.1) is 0 Å². The quantitative estimate of drug-likeness (QED) is 0.877. The Hall–Kier alpha value is -2.57. The van der Waals surface area contributed by atoms with E-state index in [1.54, 1.807) is 32.9 Å². The summed E-state index contributed by atoms with van der Waals surface area (Å²) in [4.78, 5) is 35.0. The maximum atomic E-state index is 11.9. The molecule has 1 aliphatic rings. The molecule has 0 spiro atoms. The molecule has 0 heterocycles. The van der Waals surface area contributed by atoms with Gasteiger partial charge in [0.15, 0.2) is 0 Å². The van der Waals surface area contributed by atoms with Gasteiger partial charge in [0.05, 0.1) is 7.11 Å². The zero-order valence-corrected chi connectivity index (χ0v) is 14.1. The number of amides is 1. The van der Waals surface area contributed by atoms with Gasteiger partial charge in [0, 0.05) is 24.1 Å². The molecule has 24 heavy (non-hydrogen) atoms. The third-order valence-electron chi connectivity index (χ3n) is 3.77. The molecule has 1 saturated carbocycles. The molecule has 0 atom stereocenters. The van der Waals surface area contributed by atoms with E-state index in [0.717, 1.165) is 0 Å². The summed E-state index contributed by atoms with van der Waals surface area (Å²) >= 11 is 0. The second kappa shape index (κ2) is 6.14.